The lowest BCUT2D eigenvalue weighted by Gasteiger charge is -2.41. The predicted molar refractivity (Wildman–Crippen MR) is 83.0 cm³/mol. The summed E-state index contributed by atoms with van der Waals surface area (Å²) in [5.41, 5.74) is 9.24. The molecule has 1 saturated carbocycles. The molecular weight excluding hydrogens is 230 g/mol. The van der Waals surface area contributed by atoms with Gasteiger partial charge in [0.15, 0.2) is 0 Å². The lowest BCUT2D eigenvalue weighted by Crippen LogP contribution is -2.44. The third-order valence-electron chi connectivity index (χ3n) is 5.01. The van der Waals surface area contributed by atoms with Gasteiger partial charge in [0.1, 0.15) is 0 Å². The zero-order valence-electron chi connectivity index (χ0n) is 12.9. The second-order valence-corrected chi connectivity index (χ2v) is 6.95. The molecule has 0 amide bonds. The van der Waals surface area contributed by atoms with E-state index >= 15 is 0 Å². The molecule has 1 aliphatic rings. The van der Waals surface area contributed by atoms with Crippen molar-refractivity contribution in [2.75, 3.05) is 0 Å². The first kappa shape index (κ1) is 14.6. The summed E-state index contributed by atoms with van der Waals surface area (Å²) in [6.45, 7) is 9.17. The van der Waals surface area contributed by atoms with E-state index in [1.54, 1.807) is 0 Å². The Morgan fingerprint density at radius 1 is 1.05 bits per heavy atom. The van der Waals surface area contributed by atoms with Crippen LogP contribution in [0.25, 0.3) is 0 Å². The van der Waals surface area contributed by atoms with Gasteiger partial charge in [0, 0.05) is 5.54 Å². The summed E-state index contributed by atoms with van der Waals surface area (Å²) >= 11 is 0. The van der Waals surface area contributed by atoms with Crippen LogP contribution in [0.3, 0.4) is 0 Å². The standard InChI is InChI=1S/C18H29N/c1-5-15-6-8-16(9-7-15)18(4,19)17-11-13(2)10-14(3)12-17/h6-9,13-14,17H,5,10-12,19H2,1-4H3. The molecular formula is C18H29N. The summed E-state index contributed by atoms with van der Waals surface area (Å²) in [5, 5.41) is 0. The van der Waals surface area contributed by atoms with Gasteiger partial charge in [0.05, 0.1) is 0 Å². The number of rotatable bonds is 3. The van der Waals surface area contributed by atoms with E-state index in [-0.39, 0.29) is 5.54 Å². The molecule has 1 nitrogen and oxygen atoms in total. The molecule has 0 radical (unpaired) electrons. The highest BCUT2D eigenvalue weighted by Crippen LogP contribution is 2.41. The fraction of sp³-hybridized carbons (Fsp3) is 0.667. The molecule has 0 bridgehead atoms. The topological polar surface area (TPSA) is 26.0 Å². The Balaban J connectivity index is 2.19. The van der Waals surface area contributed by atoms with Gasteiger partial charge in [-0.1, -0.05) is 45.0 Å². The first-order valence-electron chi connectivity index (χ1n) is 7.81. The highest BCUT2D eigenvalue weighted by molar-refractivity contribution is 5.28. The van der Waals surface area contributed by atoms with Crippen molar-refractivity contribution in [2.24, 2.45) is 23.5 Å². The smallest absolute Gasteiger partial charge is 0.0409 e. The number of nitrogens with two attached hydrogens (primary N) is 1. The summed E-state index contributed by atoms with van der Waals surface area (Å²) in [7, 11) is 0. The average molecular weight is 259 g/mol. The quantitative estimate of drug-likeness (QED) is 0.850. The molecule has 1 aromatic carbocycles. The fourth-order valence-corrected chi connectivity index (χ4v) is 3.77. The maximum atomic E-state index is 6.73. The Morgan fingerprint density at radius 2 is 1.58 bits per heavy atom. The highest BCUT2D eigenvalue weighted by Gasteiger charge is 2.36. The van der Waals surface area contributed by atoms with Crippen LogP contribution < -0.4 is 5.73 Å². The molecule has 1 aromatic rings. The van der Waals surface area contributed by atoms with Gasteiger partial charge in [-0.25, -0.2) is 0 Å². The molecule has 19 heavy (non-hydrogen) atoms. The number of aryl methyl sites for hydroxylation is 1. The Hall–Kier alpha value is -0.820. The monoisotopic (exact) mass is 259 g/mol. The summed E-state index contributed by atoms with van der Waals surface area (Å²) in [6, 6.07) is 8.94. The van der Waals surface area contributed by atoms with Crippen LogP contribution in [0.15, 0.2) is 24.3 Å². The summed E-state index contributed by atoms with van der Waals surface area (Å²) < 4.78 is 0. The van der Waals surface area contributed by atoms with Gasteiger partial charge in [0.25, 0.3) is 0 Å². The molecule has 0 aromatic heterocycles. The first-order valence-corrected chi connectivity index (χ1v) is 7.81. The van der Waals surface area contributed by atoms with Crippen LogP contribution in [0, 0.1) is 17.8 Å². The fourth-order valence-electron chi connectivity index (χ4n) is 3.77. The second-order valence-electron chi connectivity index (χ2n) is 6.95. The van der Waals surface area contributed by atoms with Crippen LogP contribution in [0.5, 0.6) is 0 Å². The van der Waals surface area contributed by atoms with Crippen molar-refractivity contribution in [3.05, 3.63) is 35.4 Å². The van der Waals surface area contributed by atoms with Crippen LogP contribution in [0.4, 0.5) is 0 Å². The molecule has 0 heterocycles. The van der Waals surface area contributed by atoms with Crippen LogP contribution in [-0.4, -0.2) is 0 Å². The summed E-state index contributed by atoms with van der Waals surface area (Å²) in [6.07, 6.45) is 5.00. The number of hydrogen-bond acceptors (Lipinski definition) is 1. The van der Waals surface area contributed by atoms with E-state index in [4.69, 9.17) is 5.73 Å². The molecule has 2 rings (SSSR count). The Bertz CT molecular complexity index is 394. The first-order chi connectivity index (χ1) is 8.93. The molecule has 106 valence electrons. The van der Waals surface area contributed by atoms with E-state index in [0.717, 1.165) is 18.3 Å². The van der Waals surface area contributed by atoms with Crippen molar-refractivity contribution in [1.82, 2.24) is 0 Å². The normalized spacial score (nSPS) is 30.9. The van der Waals surface area contributed by atoms with Crippen molar-refractivity contribution >= 4 is 0 Å². The van der Waals surface area contributed by atoms with Crippen LogP contribution in [0.2, 0.25) is 0 Å². The zero-order chi connectivity index (χ0) is 14.0. The van der Waals surface area contributed by atoms with Gasteiger partial charge < -0.3 is 5.73 Å². The molecule has 1 fully saturated rings. The van der Waals surface area contributed by atoms with Crippen molar-refractivity contribution in [3.63, 3.8) is 0 Å². The minimum atomic E-state index is -0.185. The third-order valence-corrected chi connectivity index (χ3v) is 5.01. The zero-order valence-corrected chi connectivity index (χ0v) is 12.9. The molecule has 0 spiro atoms. The average Bonchev–Trinajstić information content (AvgIpc) is 2.37. The molecule has 0 aliphatic heterocycles. The minimum Gasteiger partial charge on any atom is -0.321 e. The summed E-state index contributed by atoms with van der Waals surface area (Å²) in [5.74, 6) is 2.23. The van der Waals surface area contributed by atoms with Crippen molar-refractivity contribution in [3.8, 4) is 0 Å². The van der Waals surface area contributed by atoms with Gasteiger partial charge >= 0.3 is 0 Å². The molecule has 0 saturated heterocycles. The second kappa shape index (κ2) is 5.66. The Kier molecular flexibility index (Phi) is 4.35. The largest absolute Gasteiger partial charge is 0.321 e. The van der Waals surface area contributed by atoms with Crippen molar-refractivity contribution in [2.45, 2.75) is 58.9 Å². The van der Waals surface area contributed by atoms with Gasteiger partial charge in [-0.05, 0) is 61.5 Å². The van der Waals surface area contributed by atoms with Gasteiger partial charge in [-0.3, -0.25) is 0 Å². The van der Waals surface area contributed by atoms with E-state index < -0.39 is 0 Å². The van der Waals surface area contributed by atoms with Crippen molar-refractivity contribution in [1.29, 1.82) is 0 Å². The van der Waals surface area contributed by atoms with Crippen LogP contribution in [-0.2, 0) is 12.0 Å². The predicted octanol–water partition coefficient (Wildman–Crippen LogP) is 4.50. The van der Waals surface area contributed by atoms with E-state index in [2.05, 4.69) is 52.0 Å². The lowest BCUT2D eigenvalue weighted by atomic mass is 9.67. The molecule has 1 aliphatic carbocycles. The van der Waals surface area contributed by atoms with E-state index in [1.807, 2.05) is 0 Å². The van der Waals surface area contributed by atoms with E-state index in [0.29, 0.717) is 5.92 Å². The number of hydrogen-bond donors (Lipinski definition) is 1. The lowest BCUT2D eigenvalue weighted by molar-refractivity contribution is 0.145. The van der Waals surface area contributed by atoms with E-state index in [1.165, 1.54) is 30.4 Å². The van der Waals surface area contributed by atoms with Crippen molar-refractivity contribution < 1.29 is 0 Å². The molecule has 3 unspecified atom stereocenters. The SMILES string of the molecule is CCc1ccc(C(C)(N)C2CC(C)CC(C)C2)cc1. The van der Waals surface area contributed by atoms with Gasteiger partial charge in [-0.15, -0.1) is 0 Å². The third kappa shape index (κ3) is 3.20. The van der Waals surface area contributed by atoms with E-state index in [9.17, 15) is 0 Å². The van der Waals surface area contributed by atoms with Gasteiger partial charge in [-0.2, -0.15) is 0 Å². The highest BCUT2D eigenvalue weighted by atomic mass is 14.8. The molecule has 1 heteroatoms. The Labute approximate surface area is 118 Å². The number of benzene rings is 1. The van der Waals surface area contributed by atoms with Crippen LogP contribution in [0.1, 0.15) is 58.1 Å². The minimum absolute atomic E-state index is 0.185. The summed E-state index contributed by atoms with van der Waals surface area (Å²) in [4.78, 5) is 0. The maximum absolute atomic E-state index is 6.73. The maximum Gasteiger partial charge on any atom is 0.0409 e. The Morgan fingerprint density at radius 3 is 2.05 bits per heavy atom. The van der Waals surface area contributed by atoms with Gasteiger partial charge in [0.2, 0.25) is 0 Å². The molecule has 2 N–H and O–H groups in total. The molecule has 3 atom stereocenters. The van der Waals surface area contributed by atoms with Crippen LogP contribution >= 0.6 is 0 Å².